The Morgan fingerprint density at radius 3 is 1.92 bits per heavy atom. The molecule has 4 aliphatic rings. The van der Waals surface area contributed by atoms with Crippen LogP contribution in [0.2, 0.25) is 0 Å². The summed E-state index contributed by atoms with van der Waals surface area (Å²) in [6.45, 7) is 1.33. The number of fused-ring (bicyclic) bond motifs is 1. The van der Waals surface area contributed by atoms with Crippen LogP contribution in [-0.2, 0) is 103 Å². The number of phosphoric acid groups is 3. The summed E-state index contributed by atoms with van der Waals surface area (Å²) in [4.78, 5) is 209. The molecule has 0 radical (unpaired) electrons. The molecule has 4 aliphatic heterocycles. The van der Waals surface area contributed by atoms with Gasteiger partial charge in [0.15, 0.2) is 23.5 Å². The summed E-state index contributed by atoms with van der Waals surface area (Å²) in [6, 6.07) is -0.775. The van der Waals surface area contributed by atoms with Crippen molar-refractivity contribution in [2.75, 3.05) is 90.4 Å². The van der Waals surface area contributed by atoms with Crippen molar-refractivity contribution >= 4 is 123 Å². The molecule has 40 nitrogen and oxygen atoms in total. The zero-order valence-electron chi connectivity index (χ0n) is 60.5. The number of phosphoric ester groups is 3. The van der Waals surface area contributed by atoms with Gasteiger partial charge in [-0.15, -0.1) is 11.8 Å². The standard InChI is InChI=1S/C62H93N12O28P3S.2Na/c1-62(2,37-99-105(94,95)102-104(92,93)98-36-43-55(101-103(89,90)91)54(85)61(100-43)74-39-69-53-57(63)67-38-68-58(53)74)56(86)59(87)66-25-22-46(78)65-26-34-106-44-35-52(84)73(60(44)88)29-11-13-40(75)23-31-97-33-32-96-30-12-15-42(76)41(70-47(79)17-6-4-10-28-72-50(82)20-21-51(72)83)14-7-8-24-64-45(77)16-5-3-9-27-71-48(80)18-19-49(71)81;;/h18-21,38-39,41,43-44,54-56,61,85-86H,3-17,22-37H2,1-2H3,(H,64,77)(H,65,78)(H,66,87)(H,70,79)(H,92,93)(H,94,95)(H2,63,67,68)(H2,89,90,91);;/q;2*+1/p-2/t41?,43-,44?,54+,55?,56+,61-;;/m1../s1. The number of ketones is 2. The molecule has 5 unspecified atom stereocenters. The first-order chi connectivity index (χ1) is 50.2. The van der Waals surface area contributed by atoms with E-state index in [2.05, 4.69) is 54.1 Å². The van der Waals surface area contributed by atoms with Crippen LogP contribution in [0.3, 0.4) is 0 Å². The van der Waals surface area contributed by atoms with Gasteiger partial charge in [-0.1, -0.05) is 26.7 Å². The quantitative estimate of drug-likeness (QED) is 0.0129. The van der Waals surface area contributed by atoms with Crippen LogP contribution in [0.4, 0.5) is 5.82 Å². The third-order valence-corrected chi connectivity index (χ3v) is 21.0. The molecule has 10 N–H and O–H groups in total. The molecule has 108 heavy (non-hydrogen) atoms. The monoisotopic (exact) mass is 1620 g/mol. The minimum atomic E-state index is -5.96. The number of nitrogens with zero attached hydrogens (tertiary/aromatic N) is 7. The summed E-state index contributed by atoms with van der Waals surface area (Å²) in [7, 11) is -17.3. The SMILES string of the molecule is CC(C)(COP(=O)([O-])OP(=O)([O-])OC[C@H]1O[C@@H](n2cnc3c(N)ncnc32)[C@@H](O)C1OP(=O)(O)O)[C@@H](O)C(=O)NCCC(=O)NCCSC1CC(=O)N(CCCC(=O)CCOCCOCCCC(=O)C(CCCCNC(=O)CCCCCN2C(=O)C=CC2=O)NC(=O)CCCCCN2C(=O)C=CC2=O)C1=O.[Na+].[Na+]. The fraction of sp³-hybridized carbons (Fsp3) is 0.661. The van der Waals surface area contributed by atoms with Crippen molar-refractivity contribution in [1.29, 1.82) is 0 Å². The minimum Gasteiger partial charge on any atom is -0.756 e. The summed E-state index contributed by atoms with van der Waals surface area (Å²) < 4.78 is 73.0. The topological polar surface area (TPSA) is 575 Å². The van der Waals surface area contributed by atoms with E-state index in [0.29, 0.717) is 77.3 Å². The molecule has 0 aliphatic carbocycles. The first-order valence-corrected chi connectivity index (χ1v) is 39.8. The first kappa shape index (κ1) is 95.4. The number of hydrogen-bond donors (Lipinski definition) is 9. The number of nitrogens with two attached hydrogens (primary N) is 1. The van der Waals surface area contributed by atoms with Crippen molar-refractivity contribution < 1.29 is 192 Å². The molecule has 590 valence electrons. The number of likely N-dealkylation sites (tertiary alicyclic amines) is 1. The molecular formula is C62H91N12Na2O28P3S. The molecule has 0 aromatic carbocycles. The fourth-order valence-electron chi connectivity index (χ4n) is 11.1. The van der Waals surface area contributed by atoms with Crippen molar-refractivity contribution in [1.82, 2.24) is 55.5 Å². The number of aromatic nitrogens is 4. The molecule has 0 bridgehead atoms. The molecule has 2 fully saturated rings. The summed E-state index contributed by atoms with van der Waals surface area (Å²) >= 11 is 1.13. The number of amides is 10. The summed E-state index contributed by atoms with van der Waals surface area (Å²) in [5.74, 6) is -4.61. The van der Waals surface area contributed by atoms with Gasteiger partial charge >= 0.3 is 66.9 Å². The van der Waals surface area contributed by atoms with Crippen molar-refractivity contribution in [3.8, 4) is 0 Å². The van der Waals surface area contributed by atoms with Gasteiger partial charge in [-0.25, -0.2) is 23.8 Å². The number of anilines is 1. The van der Waals surface area contributed by atoms with E-state index in [0.717, 1.165) is 43.7 Å². The van der Waals surface area contributed by atoms with Gasteiger partial charge in [-0.3, -0.25) is 90.5 Å². The van der Waals surface area contributed by atoms with Gasteiger partial charge in [0.2, 0.25) is 35.4 Å². The Kier molecular flexibility index (Phi) is 41.4. The summed E-state index contributed by atoms with van der Waals surface area (Å²) in [5, 5.41) is 31.6. The number of nitrogen functional groups attached to an aromatic ring is 1. The Morgan fingerprint density at radius 1 is 0.685 bits per heavy atom. The predicted molar refractivity (Wildman–Crippen MR) is 365 cm³/mol. The number of thioether (sulfide) groups is 1. The number of imide groups is 3. The van der Waals surface area contributed by atoms with Gasteiger partial charge < -0.3 is 80.0 Å². The van der Waals surface area contributed by atoms with Crippen LogP contribution < -0.4 is 95.9 Å². The second kappa shape index (κ2) is 46.9. The average Bonchev–Trinajstić information content (AvgIpc) is 1.61. The second-order valence-corrected chi connectivity index (χ2v) is 31.0. The van der Waals surface area contributed by atoms with Gasteiger partial charge in [0.1, 0.15) is 42.0 Å². The minimum absolute atomic E-state index is 0. The molecule has 2 saturated heterocycles. The number of aliphatic hydroxyl groups excluding tert-OH is 2. The first-order valence-electron chi connectivity index (χ1n) is 34.3. The smallest absolute Gasteiger partial charge is 0.756 e. The van der Waals surface area contributed by atoms with Crippen LogP contribution in [0.5, 0.6) is 0 Å². The maximum Gasteiger partial charge on any atom is 1.00 e. The van der Waals surface area contributed by atoms with Gasteiger partial charge in [0, 0.05) is 126 Å². The third kappa shape index (κ3) is 32.2. The fourth-order valence-corrected chi connectivity index (χ4v) is 14.9. The second-order valence-electron chi connectivity index (χ2n) is 25.6. The summed E-state index contributed by atoms with van der Waals surface area (Å²) in [6.07, 6.45) is 3.23. The van der Waals surface area contributed by atoms with Crippen molar-refractivity contribution in [2.45, 2.75) is 171 Å². The van der Waals surface area contributed by atoms with Gasteiger partial charge in [-0.05, 0) is 57.8 Å². The van der Waals surface area contributed by atoms with Gasteiger partial charge in [0.05, 0.1) is 50.7 Å². The molecule has 9 atom stereocenters. The zero-order valence-corrected chi connectivity index (χ0v) is 68.0. The Balaban J connectivity index is 0.0000123. The number of Topliss-reactive ketones (excluding diaryl/α,β-unsaturated/α-hetero) is 2. The van der Waals surface area contributed by atoms with E-state index in [4.69, 9.17) is 19.9 Å². The van der Waals surface area contributed by atoms with E-state index in [1.165, 1.54) is 38.2 Å². The Labute approximate surface area is 670 Å². The third-order valence-electron chi connectivity index (χ3n) is 16.8. The Morgan fingerprint density at radius 2 is 1.28 bits per heavy atom. The number of carbonyl (C=O) groups excluding carboxylic acids is 12. The number of hydrogen-bond acceptors (Lipinski definition) is 31. The van der Waals surface area contributed by atoms with Crippen molar-refractivity contribution in [3.05, 3.63) is 37.0 Å². The van der Waals surface area contributed by atoms with E-state index >= 15 is 0 Å². The summed E-state index contributed by atoms with van der Waals surface area (Å²) in [5.41, 5.74) is 4.04. The number of nitrogens with one attached hydrogen (secondary N) is 4. The van der Waals surface area contributed by atoms with E-state index in [-0.39, 0.29) is 233 Å². The molecule has 2 aromatic heterocycles. The number of aliphatic hydroxyl groups is 2. The predicted octanol–water partition coefficient (Wildman–Crippen LogP) is -7.13. The molecule has 0 saturated carbocycles. The zero-order chi connectivity index (χ0) is 77.8. The largest absolute Gasteiger partial charge is 1.00 e. The van der Waals surface area contributed by atoms with Crippen LogP contribution in [-0.4, -0.2) is 245 Å². The Hall–Kier alpha value is -5.01. The normalized spacial score (nSPS) is 19.7. The van der Waals surface area contributed by atoms with Crippen LogP contribution in [0, 0.1) is 5.41 Å². The number of carbonyl (C=O) groups is 12. The van der Waals surface area contributed by atoms with Crippen LogP contribution in [0.1, 0.15) is 136 Å². The maximum absolute atomic E-state index is 13.4. The molecule has 2 aromatic rings. The number of unbranched alkanes of at least 4 members (excludes halogenated alkanes) is 5. The Bertz CT molecular complexity index is 3630. The molecule has 10 amide bonds. The van der Waals surface area contributed by atoms with Crippen molar-refractivity contribution in [3.63, 3.8) is 0 Å². The molecule has 46 heteroatoms. The number of rotatable bonds is 53. The van der Waals surface area contributed by atoms with Crippen LogP contribution in [0.15, 0.2) is 37.0 Å². The number of ether oxygens (including phenoxy) is 3. The van der Waals surface area contributed by atoms with Crippen LogP contribution in [0.25, 0.3) is 11.2 Å². The van der Waals surface area contributed by atoms with Gasteiger partial charge in [0.25, 0.3) is 39.3 Å². The van der Waals surface area contributed by atoms with E-state index in [9.17, 15) is 101 Å². The van der Waals surface area contributed by atoms with Gasteiger partial charge in [-0.2, -0.15) is 0 Å². The van der Waals surface area contributed by atoms with Crippen molar-refractivity contribution in [2.24, 2.45) is 5.41 Å². The van der Waals surface area contributed by atoms with Crippen LogP contribution >= 0.6 is 35.2 Å². The van der Waals surface area contributed by atoms with E-state index in [1.807, 2.05) is 0 Å². The number of imidazole rings is 1. The molecule has 6 rings (SSSR count). The van der Waals surface area contributed by atoms with E-state index < -0.39 is 108 Å². The average molecular weight is 1620 g/mol. The van der Waals surface area contributed by atoms with E-state index in [1.54, 1.807) is 0 Å². The molecule has 6 heterocycles. The maximum atomic E-state index is 13.4. The molecular weight excluding hydrogens is 1530 g/mol. The molecule has 0 spiro atoms.